The summed E-state index contributed by atoms with van der Waals surface area (Å²) in [6.45, 7) is 6.85. The van der Waals surface area contributed by atoms with Gasteiger partial charge in [-0.25, -0.2) is 0 Å². The van der Waals surface area contributed by atoms with Crippen molar-refractivity contribution in [2.75, 3.05) is 0 Å². The van der Waals surface area contributed by atoms with Crippen molar-refractivity contribution in [2.45, 2.75) is 251 Å². The van der Waals surface area contributed by atoms with Gasteiger partial charge in [0.1, 0.15) is 5.60 Å². The second-order valence-corrected chi connectivity index (χ2v) is 14.7. The highest BCUT2D eigenvalue weighted by molar-refractivity contribution is 7.32. The first-order valence-corrected chi connectivity index (χ1v) is 21.1. The van der Waals surface area contributed by atoms with Gasteiger partial charge in [0.05, 0.1) is 0 Å². The van der Waals surface area contributed by atoms with Crippen LogP contribution in [-0.4, -0.2) is 10.5 Å². The predicted octanol–water partition coefficient (Wildman–Crippen LogP) is 15.1. The lowest BCUT2D eigenvalue weighted by molar-refractivity contribution is 0.0306. The molecule has 258 valence electrons. The van der Waals surface area contributed by atoms with Gasteiger partial charge in [-0.15, -0.1) is 9.42 Å². The molecule has 0 aromatic carbocycles. The van der Waals surface area contributed by atoms with Crippen LogP contribution >= 0.6 is 8.25 Å². The molecular weight excluding hydrogens is 547 g/mol. The van der Waals surface area contributed by atoms with Crippen LogP contribution in [0.4, 0.5) is 0 Å². The summed E-state index contributed by atoms with van der Waals surface area (Å²) >= 11 is 0. The smallest absolute Gasteiger partial charge is 0.133 e. The minimum atomic E-state index is -2.55. The zero-order valence-electron chi connectivity index (χ0n) is 30.0. The van der Waals surface area contributed by atoms with Crippen molar-refractivity contribution in [3.8, 4) is 0 Å². The molecule has 0 aromatic heterocycles. The highest BCUT2D eigenvalue weighted by atomic mass is 31.1. The van der Waals surface area contributed by atoms with E-state index in [0.29, 0.717) is 0 Å². The molecular formula is C39H80O3P+. The number of hydrogen-bond donors (Lipinski definition) is 1. The summed E-state index contributed by atoms with van der Waals surface area (Å²) in [7, 11) is -2.55. The summed E-state index contributed by atoms with van der Waals surface area (Å²) in [4.78, 5) is 9.89. The van der Waals surface area contributed by atoms with Gasteiger partial charge in [-0.1, -0.05) is 226 Å². The van der Waals surface area contributed by atoms with Gasteiger partial charge >= 0.3 is 8.25 Å². The summed E-state index contributed by atoms with van der Waals surface area (Å²) in [5, 5.41) is 0. The SMILES string of the molecule is CCCCCCCCCCCCCC(CCCCCCCCCCCC)(CCCCCCCCCCCCC)O[P+](=O)O. The van der Waals surface area contributed by atoms with Gasteiger partial charge in [0.2, 0.25) is 0 Å². The van der Waals surface area contributed by atoms with Gasteiger partial charge in [-0.05, 0) is 19.3 Å². The van der Waals surface area contributed by atoms with Crippen molar-refractivity contribution < 1.29 is 14.0 Å². The molecule has 0 fully saturated rings. The van der Waals surface area contributed by atoms with E-state index in [-0.39, 0.29) is 5.60 Å². The Morgan fingerprint density at radius 3 is 0.744 bits per heavy atom. The van der Waals surface area contributed by atoms with E-state index in [0.717, 1.165) is 38.5 Å². The van der Waals surface area contributed by atoms with E-state index in [1.54, 1.807) is 0 Å². The van der Waals surface area contributed by atoms with E-state index in [4.69, 9.17) is 4.52 Å². The molecule has 1 N–H and O–H groups in total. The molecule has 0 spiro atoms. The van der Waals surface area contributed by atoms with Crippen LogP contribution in [0.1, 0.15) is 245 Å². The Morgan fingerprint density at radius 1 is 0.372 bits per heavy atom. The van der Waals surface area contributed by atoms with Crippen LogP contribution in [0.2, 0.25) is 0 Å². The first kappa shape index (κ1) is 43.0. The second-order valence-electron chi connectivity index (χ2n) is 14.0. The largest absolute Gasteiger partial charge is 0.695 e. The first-order chi connectivity index (χ1) is 21.1. The normalized spacial score (nSPS) is 12.3. The van der Waals surface area contributed by atoms with Gasteiger partial charge in [0.25, 0.3) is 0 Å². The van der Waals surface area contributed by atoms with E-state index in [1.165, 1.54) is 186 Å². The van der Waals surface area contributed by atoms with Gasteiger partial charge in [0, 0.05) is 4.57 Å². The van der Waals surface area contributed by atoms with E-state index >= 15 is 0 Å². The summed E-state index contributed by atoms with van der Waals surface area (Å²) in [6.07, 6.45) is 45.5. The maximum atomic E-state index is 12.0. The molecule has 3 nitrogen and oxygen atoms in total. The van der Waals surface area contributed by atoms with Crippen LogP contribution in [0, 0.1) is 0 Å². The topological polar surface area (TPSA) is 46.5 Å². The Kier molecular flexibility index (Phi) is 34.9. The molecule has 0 aliphatic rings. The van der Waals surface area contributed by atoms with E-state index in [1.807, 2.05) is 0 Å². The van der Waals surface area contributed by atoms with Crippen molar-refractivity contribution in [3.63, 3.8) is 0 Å². The zero-order chi connectivity index (χ0) is 31.5. The quantitative estimate of drug-likeness (QED) is 0.0550. The molecule has 0 saturated carbocycles. The van der Waals surface area contributed by atoms with Crippen molar-refractivity contribution in [3.05, 3.63) is 0 Å². The fourth-order valence-electron chi connectivity index (χ4n) is 6.83. The Balaban J connectivity index is 4.49. The van der Waals surface area contributed by atoms with Crippen LogP contribution in [-0.2, 0) is 9.09 Å². The number of unbranched alkanes of at least 4 members (excludes halogenated alkanes) is 29. The molecule has 0 aromatic rings. The fraction of sp³-hybridized carbons (Fsp3) is 1.00. The Hall–Kier alpha value is 0.0200. The maximum absolute atomic E-state index is 12.0. The van der Waals surface area contributed by atoms with E-state index in [2.05, 4.69) is 20.8 Å². The zero-order valence-corrected chi connectivity index (χ0v) is 30.9. The molecule has 1 unspecified atom stereocenters. The Morgan fingerprint density at radius 2 is 0.558 bits per heavy atom. The van der Waals surface area contributed by atoms with Crippen molar-refractivity contribution >= 4 is 8.25 Å². The lowest BCUT2D eigenvalue weighted by atomic mass is 9.85. The summed E-state index contributed by atoms with van der Waals surface area (Å²) in [6, 6.07) is 0. The molecule has 0 saturated heterocycles. The summed E-state index contributed by atoms with van der Waals surface area (Å²) in [5.74, 6) is 0. The molecule has 0 bridgehead atoms. The third-order valence-electron chi connectivity index (χ3n) is 9.73. The molecule has 0 rings (SSSR count). The van der Waals surface area contributed by atoms with Crippen LogP contribution in [0.15, 0.2) is 0 Å². The average molecular weight is 628 g/mol. The van der Waals surface area contributed by atoms with Gasteiger partial charge in [0.15, 0.2) is 0 Å². The standard InChI is InChI=1S/C39H79O3P/c1-4-7-10-13-16-19-22-25-28-31-34-37-39(42-43(40)41,36-33-30-27-24-21-18-15-12-9-6-3)38-35-32-29-26-23-20-17-14-11-8-5-2/h4-38H2,1-3H3/p+1. The molecule has 4 heteroatoms. The molecule has 0 amide bonds. The lowest BCUT2D eigenvalue weighted by Gasteiger charge is -2.28. The third-order valence-corrected chi connectivity index (χ3v) is 10.3. The summed E-state index contributed by atoms with van der Waals surface area (Å²) < 4.78 is 18.0. The molecule has 43 heavy (non-hydrogen) atoms. The Bertz CT molecular complexity index is 527. The van der Waals surface area contributed by atoms with Crippen LogP contribution in [0.5, 0.6) is 0 Å². The first-order valence-electron chi connectivity index (χ1n) is 20.0. The lowest BCUT2D eigenvalue weighted by Crippen LogP contribution is -2.30. The van der Waals surface area contributed by atoms with Crippen LogP contribution < -0.4 is 0 Å². The van der Waals surface area contributed by atoms with Crippen molar-refractivity contribution in [1.82, 2.24) is 0 Å². The van der Waals surface area contributed by atoms with Gasteiger partial charge < -0.3 is 0 Å². The number of hydrogen-bond acceptors (Lipinski definition) is 2. The monoisotopic (exact) mass is 628 g/mol. The fourth-order valence-corrected chi connectivity index (χ4v) is 7.44. The van der Waals surface area contributed by atoms with Gasteiger partial charge in [-0.3, -0.25) is 0 Å². The predicted molar refractivity (Wildman–Crippen MR) is 192 cm³/mol. The molecule has 0 aliphatic heterocycles. The average Bonchev–Trinajstić information content (AvgIpc) is 2.99. The number of rotatable bonds is 37. The van der Waals surface area contributed by atoms with Crippen molar-refractivity contribution in [1.29, 1.82) is 0 Å². The highest BCUT2D eigenvalue weighted by Crippen LogP contribution is 2.39. The van der Waals surface area contributed by atoms with Crippen molar-refractivity contribution in [2.24, 2.45) is 0 Å². The van der Waals surface area contributed by atoms with E-state index < -0.39 is 8.25 Å². The van der Waals surface area contributed by atoms with E-state index in [9.17, 15) is 9.46 Å². The third kappa shape index (κ3) is 31.8. The second kappa shape index (κ2) is 34.9. The Labute approximate surface area is 272 Å². The summed E-state index contributed by atoms with van der Waals surface area (Å²) in [5.41, 5.74) is -0.388. The van der Waals surface area contributed by atoms with Crippen LogP contribution in [0.3, 0.4) is 0 Å². The highest BCUT2D eigenvalue weighted by Gasteiger charge is 2.39. The molecule has 1 atom stereocenters. The molecule has 0 aliphatic carbocycles. The van der Waals surface area contributed by atoms with Gasteiger partial charge in [-0.2, -0.15) is 0 Å². The molecule has 0 heterocycles. The van der Waals surface area contributed by atoms with Crippen LogP contribution in [0.25, 0.3) is 0 Å². The minimum Gasteiger partial charge on any atom is -0.133 e. The molecule has 0 radical (unpaired) electrons. The minimum absolute atomic E-state index is 0.388. The maximum Gasteiger partial charge on any atom is 0.695 e.